The molecule has 0 spiro atoms. The number of hydrogen-bond donors (Lipinski definition) is 0. The van der Waals surface area contributed by atoms with Gasteiger partial charge in [-0.25, -0.2) is 0 Å². The van der Waals surface area contributed by atoms with Crippen LogP contribution in [0.3, 0.4) is 0 Å². The number of carbonyl (C=O) groups is 1. The second-order valence-electron chi connectivity index (χ2n) is 3.57. The van der Waals surface area contributed by atoms with E-state index in [1.54, 1.807) is 0 Å². The van der Waals surface area contributed by atoms with Gasteiger partial charge < -0.3 is 9.90 Å². The number of benzene rings is 2. The first-order valence-electron chi connectivity index (χ1n) is 5.10. The van der Waals surface area contributed by atoms with E-state index in [1.165, 1.54) is 0 Å². The molecule has 0 aromatic heterocycles. The molecule has 3 heteroatoms. The SMILES string of the molecule is O=C([O-])Cc1ccccc1-c1ccccc1.[Li+]. The number of hydrogen-bond acceptors (Lipinski definition) is 2. The molecule has 0 fully saturated rings. The molecule has 0 saturated carbocycles. The van der Waals surface area contributed by atoms with Crippen molar-refractivity contribution < 1.29 is 28.8 Å². The van der Waals surface area contributed by atoms with Crippen LogP contribution >= 0.6 is 0 Å². The van der Waals surface area contributed by atoms with Gasteiger partial charge in [0.1, 0.15) is 0 Å². The molecule has 0 N–H and O–H groups in total. The zero-order valence-electron chi connectivity index (χ0n) is 9.72. The molecule has 0 radical (unpaired) electrons. The first-order valence-corrected chi connectivity index (χ1v) is 5.10. The largest absolute Gasteiger partial charge is 1.00 e. The summed E-state index contributed by atoms with van der Waals surface area (Å²) in [5, 5.41) is 10.6. The van der Waals surface area contributed by atoms with Gasteiger partial charge in [0, 0.05) is 12.4 Å². The van der Waals surface area contributed by atoms with Gasteiger partial charge in [-0.1, -0.05) is 54.6 Å². The monoisotopic (exact) mass is 218 g/mol. The molecule has 2 nitrogen and oxygen atoms in total. The fourth-order valence-corrected chi connectivity index (χ4v) is 1.73. The van der Waals surface area contributed by atoms with Gasteiger partial charge in [-0.15, -0.1) is 0 Å². The van der Waals surface area contributed by atoms with Gasteiger partial charge in [0.25, 0.3) is 0 Å². The van der Waals surface area contributed by atoms with Crippen LogP contribution in [0.2, 0.25) is 0 Å². The first kappa shape index (κ1) is 13.6. The van der Waals surface area contributed by atoms with E-state index in [4.69, 9.17) is 0 Å². The van der Waals surface area contributed by atoms with Gasteiger partial charge in [0.15, 0.2) is 0 Å². The van der Waals surface area contributed by atoms with Crippen molar-refractivity contribution in [2.75, 3.05) is 0 Å². The minimum absolute atomic E-state index is 0. The van der Waals surface area contributed by atoms with E-state index in [0.29, 0.717) is 0 Å². The van der Waals surface area contributed by atoms with Gasteiger partial charge in [-0.3, -0.25) is 0 Å². The summed E-state index contributed by atoms with van der Waals surface area (Å²) < 4.78 is 0. The summed E-state index contributed by atoms with van der Waals surface area (Å²) >= 11 is 0. The third-order valence-electron chi connectivity index (χ3n) is 2.44. The van der Waals surface area contributed by atoms with Crippen LogP contribution in [-0.2, 0) is 11.2 Å². The van der Waals surface area contributed by atoms with Crippen LogP contribution < -0.4 is 24.0 Å². The van der Waals surface area contributed by atoms with E-state index in [1.807, 2.05) is 54.6 Å². The van der Waals surface area contributed by atoms with Crippen LogP contribution in [-0.4, -0.2) is 5.97 Å². The maximum atomic E-state index is 10.6. The zero-order chi connectivity index (χ0) is 11.4. The van der Waals surface area contributed by atoms with Crippen LogP contribution in [0, 0.1) is 0 Å². The molecule has 0 atom stereocenters. The number of carbonyl (C=O) groups excluding carboxylic acids is 1. The van der Waals surface area contributed by atoms with E-state index in [9.17, 15) is 9.90 Å². The van der Waals surface area contributed by atoms with Gasteiger partial charge in [-0.2, -0.15) is 0 Å². The fraction of sp³-hybridized carbons (Fsp3) is 0.0714. The van der Waals surface area contributed by atoms with Gasteiger partial charge in [0.05, 0.1) is 0 Å². The second kappa shape index (κ2) is 6.29. The Labute approximate surface area is 112 Å². The van der Waals surface area contributed by atoms with Crippen LogP contribution in [0.15, 0.2) is 54.6 Å². The standard InChI is InChI=1S/C14H12O2.Li/c15-14(16)10-12-8-4-5-9-13(12)11-6-2-1-3-7-11;/h1-9H,10H2,(H,15,16);/q;+1/p-1. The van der Waals surface area contributed by atoms with E-state index in [2.05, 4.69) is 0 Å². The third kappa shape index (κ3) is 3.49. The molecule has 0 saturated heterocycles. The van der Waals surface area contributed by atoms with Crippen molar-refractivity contribution in [3.8, 4) is 11.1 Å². The van der Waals surface area contributed by atoms with Gasteiger partial charge >= 0.3 is 18.9 Å². The Morgan fingerprint density at radius 3 is 2.18 bits per heavy atom. The van der Waals surface area contributed by atoms with Crippen molar-refractivity contribution in [2.24, 2.45) is 0 Å². The molecule has 0 heterocycles. The number of carboxylic acid groups (broad SMARTS) is 1. The fourth-order valence-electron chi connectivity index (χ4n) is 1.73. The molecule has 2 rings (SSSR count). The summed E-state index contributed by atoms with van der Waals surface area (Å²) in [6.07, 6.45) is -0.0505. The summed E-state index contributed by atoms with van der Waals surface area (Å²) in [5.74, 6) is -1.05. The number of carboxylic acids is 1. The van der Waals surface area contributed by atoms with E-state index in [-0.39, 0.29) is 25.3 Å². The molecular weight excluding hydrogens is 207 g/mol. The van der Waals surface area contributed by atoms with E-state index >= 15 is 0 Å². The van der Waals surface area contributed by atoms with Crippen molar-refractivity contribution in [2.45, 2.75) is 6.42 Å². The predicted molar refractivity (Wildman–Crippen MR) is 60.6 cm³/mol. The van der Waals surface area contributed by atoms with Crippen LogP contribution in [0.25, 0.3) is 11.1 Å². The quantitative estimate of drug-likeness (QED) is 0.598. The minimum Gasteiger partial charge on any atom is -0.550 e. The molecular formula is C14H11LiO2. The number of rotatable bonds is 3. The molecule has 0 aliphatic rings. The van der Waals surface area contributed by atoms with Crippen LogP contribution in [0.5, 0.6) is 0 Å². The molecule has 2 aromatic carbocycles. The van der Waals surface area contributed by atoms with Gasteiger partial charge in [-0.05, 0) is 16.7 Å². The van der Waals surface area contributed by atoms with Crippen molar-refractivity contribution in [3.63, 3.8) is 0 Å². The number of aliphatic carboxylic acids is 1. The molecule has 0 bridgehead atoms. The average Bonchev–Trinajstić information content (AvgIpc) is 2.30. The van der Waals surface area contributed by atoms with E-state index in [0.717, 1.165) is 16.7 Å². The average molecular weight is 218 g/mol. The van der Waals surface area contributed by atoms with Crippen molar-refractivity contribution >= 4 is 5.97 Å². The summed E-state index contributed by atoms with van der Waals surface area (Å²) in [4.78, 5) is 10.6. The smallest absolute Gasteiger partial charge is 0.550 e. The third-order valence-corrected chi connectivity index (χ3v) is 2.44. The summed E-state index contributed by atoms with van der Waals surface area (Å²) in [6, 6.07) is 17.2. The van der Waals surface area contributed by atoms with Crippen LogP contribution in [0.4, 0.5) is 0 Å². The maximum Gasteiger partial charge on any atom is 1.00 e. The van der Waals surface area contributed by atoms with Gasteiger partial charge in [0.2, 0.25) is 0 Å². The Kier molecular flexibility index (Phi) is 5.02. The Bertz CT molecular complexity index is 495. The summed E-state index contributed by atoms with van der Waals surface area (Å²) in [6.45, 7) is 0. The topological polar surface area (TPSA) is 40.1 Å². The first-order chi connectivity index (χ1) is 7.77. The molecule has 0 aliphatic carbocycles. The molecule has 0 amide bonds. The molecule has 2 aromatic rings. The normalized spacial score (nSPS) is 9.41. The van der Waals surface area contributed by atoms with E-state index < -0.39 is 5.97 Å². The molecule has 17 heavy (non-hydrogen) atoms. The van der Waals surface area contributed by atoms with Crippen molar-refractivity contribution in [1.82, 2.24) is 0 Å². The Hall–Kier alpha value is -1.49. The second-order valence-corrected chi connectivity index (χ2v) is 3.57. The zero-order valence-corrected chi connectivity index (χ0v) is 9.72. The van der Waals surface area contributed by atoms with Crippen molar-refractivity contribution in [1.29, 1.82) is 0 Å². The predicted octanol–water partition coefficient (Wildman–Crippen LogP) is -1.35. The Morgan fingerprint density at radius 1 is 0.941 bits per heavy atom. The Balaban J connectivity index is 0.00000144. The Morgan fingerprint density at radius 2 is 1.53 bits per heavy atom. The van der Waals surface area contributed by atoms with Crippen molar-refractivity contribution in [3.05, 3.63) is 60.2 Å². The molecule has 0 aliphatic heterocycles. The summed E-state index contributed by atoms with van der Waals surface area (Å²) in [7, 11) is 0. The molecule has 80 valence electrons. The molecule has 0 unspecified atom stereocenters. The minimum atomic E-state index is -1.05. The van der Waals surface area contributed by atoms with Crippen LogP contribution in [0.1, 0.15) is 5.56 Å². The maximum absolute atomic E-state index is 10.6. The summed E-state index contributed by atoms with van der Waals surface area (Å²) in [5.41, 5.74) is 2.76.